The Morgan fingerprint density at radius 2 is 1.68 bits per heavy atom. The average molecular weight is 489 g/mol. The van der Waals surface area contributed by atoms with E-state index in [0.717, 1.165) is 23.3 Å². The van der Waals surface area contributed by atoms with Crippen LogP contribution in [0.1, 0.15) is 25.7 Å². The number of hydrogen-bond acceptors (Lipinski definition) is 5. The summed E-state index contributed by atoms with van der Waals surface area (Å²) in [7, 11) is 2.95. The summed E-state index contributed by atoms with van der Waals surface area (Å²) in [6, 6.07) is 7.84. The molecule has 1 aromatic carbocycles. The lowest BCUT2D eigenvalue weighted by atomic mass is 10.2. The topological polar surface area (TPSA) is 94.2 Å². The largest absolute Gasteiger partial charge is 0.372 e. The number of hydrogen-bond donors (Lipinski definition) is 1. The van der Waals surface area contributed by atoms with Crippen LogP contribution in [0, 0.1) is 0 Å². The van der Waals surface area contributed by atoms with E-state index in [1.165, 1.54) is 41.9 Å². The summed E-state index contributed by atoms with van der Waals surface area (Å²) in [5, 5.41) is 2.88. The molecule has 0 saturated carbocycles. The molecular weight excluding hydrogens is 464 g/mol. The third kappa shape index (κ3) is 4.16. The van der Waals surface area contributed by atoms with Crippen molar-refractivity contribution in [2.24, 2.45) is 14.1 Å². The van der Waals surface area contributed by atoms with E-state index in [2.05, 4.69) is 31.1 Å². The zero-order valence-corrected chi connectivity index (χ0v) is 19.2. The van der Waals surface area contributed by atoms with Crippen LogP contribution in [0.4, 0.5) is 11.4 Å². The molecule has 1 saturated heterocycles. The molecule has 1 aliphatic heterocycles. The Balaban J connectivity index is 1.53. The highest BCUT2D eigenvalue weighted by molar-refractivity contribution is 9.10. The minimum atomic E-state index is -0.498. The molecule has 9 nitrogen and oxygen atoms in total. The van der Waals surface area contributed by atoms with E-state index in [-0.39, 0.29) is 18.0 Å². The predicted octanol–water partition coefficient (Wildman–Crippen LogP) is 2.22. The highest BCUT2D eigenvalue weighted by atomic mass is 79.9. The lowest BCUT2D eigenvalue weighted by Gasteiger charge is -2.22. The second-order valence-corrected chi connectivity index (χ2v) is 8.55. The third-order valence-corrected chi connectivity index (χ3v) is 6.32. The second-order valence-electron chi connectivity index (χ2n) is 7.84. The first-order valence-corrected chi connectivity index (χ1v) is 11.1. The molecule has 1 aliphatic rings. The van der Waals surface area contributed by atoms with Crippen LogP contribution >= 0.6 is 15.9 Å². The van der Waals surface area contributed by atoms with Crippen LogP contribution in [0.25, 0.3) is 11.2 Å². The lowest BCUT2D eigenvalue weighted by Crippen LogP contribution is -2.37. The van der Waals surface area contributed by atoms with Crippen LogP contribution in [0.5, 0.6) is 0 Å². The van der Waals surface area contributed by atoms with Crippen LogP contribution in [0.2, 0.25) is 0 Å². The number of aromatic nitrogens is 4. The highest BCUT2D eigenvalue weighted by Crippen LogP contribution is 2.22. The molecule has 31 heavy (non-hydrogen) atoms. The van der Waals surface area contributed by atoms with E-state index in [0.29, 0.717) is 16.1 Å². The van der Waals surface area contributed by atoms with Gasteiger partial charge in [0.2, 0.25) is 5.91 Å². The van der Waals surface area contributed by atoms with Crippen LogP contribution in [-0.4, -0.2) is 37.7 Å². The van der Waals surface area contributed by atoms with Crippen LogP contribution in [0.15, 0.2) is 38.6 Å². The quantitative estimate of drug-likeness (QED) is 0.568. The van der Waals surface area contributed by atoms with Gasteiger partial charge in [-0.15, -0.1) is 0 Å². The third-order valence-electron chi connectivity index (χ3n) is 5.72. The van der Waals surface area contributed by atoms with Gasteiger partial charge in [0, 0.05) is 38.6 Å². The first-order valence-electron chi connectivity index (χ1n) is 10.3. The van der Waals surface area contributed by atoms with Gasteiger partial charge in [-0.3, -0.25) is 23.3 Å². The maximum Gasteiger partial charge on any atom is 0.332 e. The number of fused-ring (bicyclic) bond motifs is 1. The average Bonchev–Trinajstić information content (AvgIpc) is 2.93. The van der Waals surface area contributed by atoms with Crippen molar-refractivity contribution in [2.45, 2.75) is 32.2 Å². The molecule has 1 amide bonds. The molecule has 1 fully saturated rings. The van der Waals surface area contributed by atoms with E-state index >= 15 is 0 Å². The van der Waals surface area contributed by atoms with Crippen molar-refractivity contribution in [1.29, 1.82) is 0 Å². The van der Waals surface area contributed by atoms with Crippen molar-refractivity contribution >= 4 is 44.4 Å². The smallest absolute Gasteiger partial charge is 0.332 e. The van der Waals surface area contributed by atoms with Gasteiger partial charge < -0.3 is 10.2 Å². The molecule has 4 rings (SSSR count). The molecule has 0 spiro atoms. The number of nitrogens with one attached hydrogen (secondary N) is 1. The predicted molar refractivity (Wildman–Crippen MR) is 124 cm³/mol. The first-order chi connectivity index (χ1) is 14.9. The Kier molecular flexibility index (Phi) is 5.99. The number of rotatable bonds is 4. The van der Waals surface area contributed by atoms with Crippen molar-refractivity contribution in [2.75, 3.05) is 23.3 Å². The summed E-state index contributed by atoms with van der Waals surface area (Å²) in [6.07, 6.45) is 4.97. The number of nitrogens with zero attached hydrogens (tertiary/aromatic N) is 5. The summed E-state index contributed by atoms with van der Waals surface area (Å²) in [5.41, 5.74) is 1.30. The highest BCUT2D eigenvalue weighted by Gasteiger charge is 2.19. The van der Waals surface area contributed by atoms with Gasteiger partial charge in [-0.25, -0.2) is 9.78 Å². The summed E-state index contributed by atoms with van der Waals surface area (Å²) >= 11 is 3.30. The van der Waals surface area contributed by atoms with Gasteiger partial charge in [-0.05, 0) is 53.0 Å². The number of carbonyl (C=O) groups excluding carboxylic acids is 1. The van der Waals surface area contributed by atoms with Gasteiger partial charge in [-0.2, -0.15) is 0 Å². The molecule has 0 radical (unpaired) electrons. The standard InChI is InChI=1S/C21H25BrN6O3/c1-25-18-17(19(30)26(2)21(25)31)24-20(22)28(18)13-16(29)23-14-7-9-15(10-8-14)27-11-5-3-4-6-12-27/h7-10H,3-6,11-13H2,1-2H3,(H,23,29). The van der Waals surface area contributed by atoms with Gasteiger partial charge in [0.25, 0.3) is 5.56 Å². The van der Waals surface area contributed by atoms with Crippen molar-refractivity contribution in [3.8, 4) is 0 Å². The second kappa shape index (κ2) is 8.70. The molecule has 0 aliphatic carbocycles. The molecule has 1 N–H and O–H groups in total. The Labute approximate surface area is 187 Å². The molecule has 10 heteroatoms. The zero-order chi connectivity index (χ0) is 22.1. The summed E-state index contributed by atoms with van der Waals surface area (Å²) in [6.45, 7) is 2.03. The van der Waals surface area contributed by atoms with Gasteiger partial charge in [-0.1, -0.05) is 12.8 Å². The van der Waals surface area contributed by atoms with Crippen LogP contribution in [0.3, 0.4) is 0 Å². The van der Waals surface area contributed by atoms with Crippen molar-refractivity contribution in [3.63, 3.8) is 0 Å². The van der Waals surface area contributed by atoms with Crippen LogP contribution < -0.4 is 21.5 Å². The fourth-order valence-corrected chi connectivity index (χ4v) is 4.50. The van der Waals surface area contributed by atoms with Crippen LogP contribution in [-0.2, 0) is 25.4 Å². The molecular formula is C21H25BrN6O3. The van der Waals surface area contributed by atoms with E-state index in [1.54, 1.807) is 7.05 Å². The van der Waals surface area contributed by atoms with Crippen molar-refractivity contribution in [1.82, 2.24) is 18.7 Å². The molecule has 3 heterocycles. The number of carbonyl (C=O) groups is 1. The number of anilines is 2. The number of benzene rings is 1. The molecule has 0 unspecified atom stereocenters. The van der Waals surface area contributed by atoms with E-state index in [1.807, 2.05) is 24.3 Å². The van der Waals surface area contributed by atoms with Gasteiger partial charge in [0.1, 0.15) is 6.54 Å². The Morgan fingerprint density at radius 1 is 1.03 bits per heavy atom. The summed E-state index contributed by atoms with van der Waals surface area (Å²) < 4.78 is 4.14. The van der Waals surface area contributed by atoms with E-state index in [4.69, 9.17) is 0 Å². The number of imidazole rings is 1. The molecule has 0 atom stereocenters. The van der Waals surface area contributed by atoms with E-state index in [9.17, 15) is 14.4 Å². The first kappa shape index (κ1) is 21.4. The molecule has 164 valence electrons. The number of halogens is 1. The van der Waals surface area contributed by atoms with Crippen molar-refractivity contribution < 1.29 is 4.79 Å². The Bertz CT molecular complexity index is 1230. The van der Waals surface area contributed by atoms with E-state index < -0.39 is 11.2 Å². The maximum absolute atomic E-state index is 12.7. The minimum Gasteiger partial charge on any atom is -0.372 e. The summed E-state index contributed by atoms with van der Waals surface area (Å²) in [4.78, 5) is 44.0. The lowest BCUT2D eigenvalue weighted by molar-refractivity contribution is -0.116. The summed E-state index contributed by atoms with van der Waals surface area (Å²) in [5.74, 6) is -0.282. The molecule has 0 bridgehead atoms. The number of aryl methyl sites for hydroxylation is 1. The molecule has 3 aromatic rings. The number of amides is 1. The van der Waals surface area contributed by atoms with Crippen molar-refractivity contribution in [3.05, 3.63) is 49.8 Å². The minimum absolute atomic E-state index is 0.0919. The fraction of sp³-hybridized carbons (Fsp3) is 0.429. The Hall–Kier alpha value is -2.88. The fourth-order valence-electron chi connectivity index (χ4n) is 4.03. The van der Waals surface area contributed by atoms with Gasteiger partial charge in [0.05, 0.1) is 0 Å². The Morgan fingerprint density at radius 3 is 2.32 bits per heavy atom. The van der Waals surface area contributed by atoms with Gasteiger partial charge in [0.15, 0.2) is 15.9 Å². The molecule has 2 aromatic heterocycles. The normalized spacial score (nSPS) is 14.6. The van der Waals surface area contributed by atoms with Gasteiger partial charge >= 0.3 is 5.69 Å². The monoisotopic (exact) mass is 488 g/mol. The zero-order valence-electron chi connectivity index (χ0n) is 17.6. The SMILES string of the molecule is Cn1c(=O)c2nc(Br)n(CC(=O)Nc3ccc(N4CCCCCC4)cc3)c2n(C)c1=O. The maximum atomic E-state index is 12.7.